The van der Waals surface area contributed by atoms with Gasteiger partial charge in [0.2, 0.25) is 0 Å². The fraction of sp³-hybridized carbons (Fsp3) is 0.455. The second-order valence-corrected chi connectivity index (χ2v) is 5.91. The number of aliphatic hydroxyl groups excluding tert-OH is 2. The number of aromatic nitrogens is 1. The summed E-state index contributed by atoms with van der Waals surface area (Å²) >= 11 is 0. The highest BCUT2D eigenvalue weighted by Crippen LogP contribution is 2.33. The van der Waals surface area contributed by atoms with Gasteiger partial charge in [0, 0.05) is 6.07 Å². The minimum absolute atomic E-state index is 0.159. The molecule has 5 N–H and O–H groups in total. The Bertz CT molecular complexity index is 606. The molecule has 3 unspecified atom stereocenters. The number of nitrogens with zero attached hydrogens (tertiary/aromatic N) is 1. The highest BCUT2D eigenvalue weighted by Gasteiger charge is 2.48. The van der Waals surface area contributed by atoms with Gasteiger partial charge in [-0.25, -0.2) is 0 Å². The lowest BCUT2D eigenvalue weighted by Gasteiger charge is -2.19. The van der Waals surface area contributed by atoms with Crippen molar-refractivity contribution >= 4 is 13.7 Å². The number of carbonyl (C=O) groups is 1. The van der Waals surface area contributed by atoms with E-state index in [2.05, 4.69) is 4.52 Å². The lowest BCUT2D eigenvalue weighted by Crippen LogP contribution is -2.46. The quantitative estimate of drug-likeness (QED) is 0.330. The third-order valence-electron chi connectivity index (χ3n) is 3.14. The van der Waals surface area contributed by atoms with Crippen LogP contribution in [0.5, 0.6) is 0 Å². The molecule has 2 rings (SSSR count). The fourth-order valence-electron chi connectivity index (χ4n) is 2.08. The molecule has 22 heavy (non-hydrogen) atoms. The summed E-state index contributed by atoms with van der Waals surface area (Å²) in [5.41, 5.74) is 5.31. The Morgan fingerprint density at radius 1 is 1.50 bits per heavy atom. The van der Waals surface area contributed by atoms with E-state index >= 15 is 0 Å². The van der Waals surface area contributed by atoms with Crippen LogP contribution in [-0.4, -0.2) is 45.9 Å². The molecule has 0 saturated carbocycles. The predicted octanol–water partition coefficient (Wildman–Crippen LogP) is -2.83. The zero-order valence-electron chi connectivity index (χ0n) is 11.2. The molecule has 0 aliphatic carbocycles. The van der Waals surface area contributed by atoms with Crippen LogP contribution in [0, 0.1) is 0 Å². The third kappa shape index (κ3) is 3.87. The number of nitrogens with two attached hydrogens (primary N) is 1. The number of phosphoric acid groups is 1. The molecule has 10 nitrogen and oxygen atoms in total. The lowest BCUT2D eigenvalue weighted by molar-refractivity contribution is -0.765. The predicted molar refractivity (Wildman–Crippen MR) is 66.9 cm³/mol. The first kappa shape index (κ1) is 17.0. The minimum atomic E-state index is -4.97. The number of hydrogen-bond donors (Lipinski definition) is 4. The molecule has 122 valence electrons. The molecule has 1 fully saturated rings. The topological polar surface area (TPSA) is 166 Å². The van der Waals surface area contributed by atoms with Crippen molar-refractivity contribution in [3.8, 4) is 0 Å². The number of phosphoric ester groups is 1. The number of aliphatic hydroxyl groups is 2. The fourth-order valence-corrected chi connectivity index (χ4v) is 2.41. The minimum Gasteiger partial charge on any atom is -0.756 e. The zero-order chi connectivity index (χ0) is 16.5. The molecule has 1 aliphatic heterocycles. The number of carbonyl (C=O) groups excluding carboxylic acids is 1. The van der Waals surface area contributed by atoms with Crippen LogP contribution in [0.2, 0.25) is 0 Å². The van der Waals surface area contributed by atoms with E-state index in [0.29, 0.717) is 0 Å². The number of primary amides is 1. The first-order valence-electron chi connectivity index (χ1n) is 6.19. The Kier molecular flexibility index (Phi) is 4.93. The van der Waals surface area contributed by atoms with Crippen LogP contribution in [0.15, 0.2) is 24.5 Å². The number of hydrogen-bond acceptors (Lipinski definition) is 7. The van der Waals surface area contributed by atoms with Crippen molar-refractivity contribution in [3.63, 3.8) is 0 Å². The molecule has 0 spiro atoms. The van der Waals surface area contributed by atoms with E-state index in [1.54, 1.807) is 0 Å². The average molecular weight is 334 g/mol. The van der Waals surface area contributed by atoms with Crippen LogP contribution in [0.1, 0.15) is 16.6 Å². The highest BCUT2D eigenvalue weighted by atomic mass is 31.2. The number of amides is 1. The highest BCUT2D eigenvalue weighted by molar-refractivity contribution is 7.44. The van der Waals surface area contributed by atoms with Gasteiger partial charge in [-0.05, 0) is 6.07 Å². The summed E-state index contributed by atoms with van der Waals surface area (Å²) in [6.07, 6.45) is -2.31. The summed E-state index contributed by atoms with van der Waals surface area (Å²) in [6.45, 7) is -0.665. The third-order valence-corrected chi connectivity index (χ3v) is 3.62. The van der Waals surface area contributed by atoms with Crippen LogP contribution >= 0.6 is 7.82 Å². The SMILES string of the molecule is NC(=O)c1ccc[n+]([C@@H]2O[C@H](COP(=O)([O-])O)C(O)C2O)c1. The Balaban J connectivity index is 2.14. The van der Waals surface area contributed by atoms with Crippen LogP contribution in [0.4, 0.5) is 0 Å². The number of ether oxygens (including phenoxy) is 1. The van der Waals surface area contributed by atoms with Crippen molar-refractivity contribution in [1.29, 1.82) is 0 Å². The van der Waals surface area contributed by atoms with Crippen molar-refractivity contribution in [2.24, 2.45) is 5.73 Å². The van der Waals surface area contributed by atoms with Crippen molar-refractivity contribution < 1.29 is 43.2 Å². The van der Waals surface area contributed by atoms with Gasteiger partial charge in [-0.15, -0.1) is 0 Å². The van der Waals surface area contributed by atoms with Gasteiger partial charge in [0.25, 0.3) is 20.0 Å². The van der Waals surface area contributed by atoms with E-state index < -0.39 is 44.9 Å². The molecule has 5 atom stereocenters. The number of pyridine rings is 1. The molecule has 1 aromatic heterocycles. The van der Waals surface area contributed by atoms with E-state index in [0.717, 1.165) is 0 Å². The molecule has 1 saturated heterocycles. The van der Waals surface area contributed by atoms with E-state index in [-0.39, 0.29) is 5.56 Å². The first-order valence-corrected chi connectivity index (χ1v) is 7.69. The van der Waals surface area contributed by atoms with Gasteiger partial charge in [-0.1, -0.05) is 0 Å². The maximum absolute atomic E-state index is 11.1. The van der Waals surface area contributed by atoms with E-state index in [1.807, 2.05) is 0 Å². The lowest BCUT2D eigenvalue weighted by atomic mass is 10.1. The molecule has 1 aromatic rings. The maximum Gasteiger partial charge on any atom is 0.292 e. The molecule has 1 amide bonds. The molecule has 0 aromatic carbocycles. The number of rotatable bonds is 5. The smallest absolute Gasteiger partial charge is 0.292 e. The summed E-state index contributed by atoms with van der Waals surface area (Å²) in [6, 6.07) is 2.95. The van der Waals surface area contributed by atoms with Crippen LogP contribution in [0.25, 0.3) is 0 Å². The monoisotopic (exact) mass is 334 g/mol. The van der Waals surface area contributed by atoms with Crippen molar-refractivity contribution in [3.05, 3.63) is 30.1 Å². The summed E-state index contributed by atoms with van der Waals surface area (Å²) < 4.78 is 21.3. The van der Waals surface area contributed by atoms with Crippen molar-refractivity contribution in [1.82, 2.24) is 0 Å². The summed E-state index contributed by atoms with van der Waals surface area (Å²) in [7, 11) is -4.97. The van der Waals surface area contributed by atoms with Gasteiger partial charge >= 0.3 is 0 Å². The average Bonchev–Trinajstić information content (AvgIpc) is 2.72. The summed E-state index contributed by atoms with van der Waals surface area (Å²) in [5.74, 6) is -0.685. The zero-order valence-corrected chi connectivity index (χ0v) is 12.1. The summed E-state index contributed by atoms with van der Waals surface area (Å²) in [4.78, 5) is 30.2. The van der Waals surface area contributed by atoms with Crippen LogP contribution in [0.3, 0.4) is 0 Å². The van der Waals surface area contributed by atoms with Crippen LogP contribution in [-0.2, 0) is 13.8 Å². The van der Waals surface area contributed by atoms with E-state index in [1.165, 1.54) is 29.1 Å². The van der Waals surface area contributed by atoms with Gasteiger partial charge in [-0.2, -0.15) is 4.57 Å². The summed E-state index contributed by atoms with van der Waals surface area (Å²) in [5, 5.41) is 19.8. The molecule has 2 heterocycles. The van der Waals surface area contributed by atoms with Gasteiger partial charge in [-0.3, -0.25) is 9.36 Å². The van der Waals surface area contributed by atoms with Crippen molar-refractivity contribution in [2.75, 3.05) is 6.61 Å². The molecular formula is C11H15N2O8P. The second kappa shape index (κ2) is 6.39. The van der Waals surface area contributed by atoms with Crippen LogP contribution < -0.4 is 15.2 Å². The maximum atomic E-state index is 11.1. The molecular weight excluding hydrogens is 319 g/mol. The standard InChI is InChI=1S/C11H15N2O8P/c12-10(16)6-2-1-3-13(4-6)11-9(15)8(14)7(21-11)5-20-22(17,18)19/h1-4,7-9,11,14-15H,5H2,(H3-,12,16,17,18,19)/t7-,8?,9?,11-/m1/s1. The Hall–Kier alpha value is -1.39. The van der Waals surface area contributed by atoms with Gasteiger partial charge in [0.15, 0.2) is 18.5 Å². The molecule has 11 heteroatoms. The second-order valence-electron chi connectivity index (χ2n) is 4.71. The normalized spacial score (nSPS) is 30.9. The van der Waals surface area contributed by atoms with E-state index in [9.17, 15) is 24.5 Å². The molecule has 0 radical (unpaired) electrons. The first-order chi connectivity index (χ1) is 10.2. The largest absolute Gasteiger partial charge is 0.756 e. The Morgan fingerprint density at radius 2 is 2.18 bits per heavy atom. The Labute approximate surface area is 124 Å². The van der Waals surface area contributed by atoms with Crippen molar-refractivity contribution in [2.45, 2.75) is 24.5 Å². The molecule has 0 bridgehead atoms. The van der Waals surface area contributed by atoms with Gasteiger partial charge in [0.05, 0.1) is 6.61 Å². The van der Waals surface area contributed by atoms with Gasteiger partial charge in [0.1, 0.15) is 17.8 Å². The van der Waals surface area contributed by atoms with Gasteiger partial charge < -0.3 is 35.0 Å². The molecule has 1 aliphatic rings. The van der Waals surface area contributed by atoms with E-state index in [4.69, 9.17) is 15.4 Å². The Morgan fingerprint density at radius 3 is 2.77 bits per heavy atom.